The van der Waals surface area contributed by atoms with Gasteiger partial charge >= 0.3 is 0 Å². The first-order valence-corrected chi connectivity index (χ1v) is 5.97. The number of nitrogens with one attached hydrogen (secondary N) is 1. The van der Waals surface area contributed by atoms with Crippen LogP contribution in [0.3, 0.4) is 0 Å². The van der Waals surface area contributed by atoms with Crippen molar-refractivity contribution in [3.05, 3.63) is 17.0 Å². The SMILES string of the molecule is CCCc1c(Cl)ncnc1NCC(O)COC. The first kappa shape index (κ1) is 14.2. The van der Waals surface area contributed by atoms with Gasteiger partial charge in [0.15, 0.2) is 0 Å². The largest absolute Gasteiger partial charge is 0.389 e. The maximum absolute atomic E-state index is 9.54. The van der Waals surface area contributed by atoms with Gasteiger partial charge in [0.1, 0.15) is 17.3 Å². The molecule has 5 nitrogen and oxygen atoms in total. The van der Waals surface area contributed by atoms with Crippen molar-refractivity contribution >= 4 is 17.4 Å². The van der Waals surface area contributed by atoms with E-state index in [1.807, 2.05) is 0 Å². The minimum atomic E-state index is -0.566. The molecule has 0 radical (unpaired) electrons. The van der Waals surface area contributed by atoms with Gasteiger partial charge in [-0.25, -0.2) is 9.97 Å². The number of aromatic nitrogens is 2. The first-order valence-electron chi connectivity index (χ1n) is 5.59. The second kappa shape index (κ2) is 7.42. The van der Waals surface area contributed by atoms with E-state index in [9.17, 15) is 5.11 Å². The molecule has 0 saturated heterocycles. The molecule has 1 aromatic heterocycles. The molecule has 1 heterocycles. The van der Waals surface area contributed by atoms with Crippen LogP contribution in [-0.4, -0.2) is 41.4 Å². The molecule has 0 amide bonds. The smallest absolute Gasteiger partial charge is 0.137 e. The molecule has 0 aliphatic rings. The number of methoxy groups -OCH3 is 1. The number of aliphatic hydroxyl groups is 1. The van der Waals surface area contributed by atoms with E-state index < -0.39 is 6.10 Å². The maximum atomic E-state index is 9.54. The van der Waals surface area contributed by atoms with E-state index in [4.69, 9.17) is 16.3 Å². The summed E-state index contributed by atoms with van der Waals surface area (Å²) in [5.41, 5.74) is 0.890. The third-order valence-corrected chi connectivity index (χ3v) is 2.58. The van der Waals surface area contributed by atoms with Gasteiger partial charge < -0.3 is 15.2 Å². The van der Waals surface area contributed by atoms with Gasteiger partial charge in [0.25, 0.3) is 0 Å². The molecular weight excluding hydrogens is 242 g/mol. The molecule has 1 unspecified atom stereocenters. The van der Waals surface area contributed by atoms with Crippen molar-refractivity contribution in [2.45, 2.75) is 25.9 Å². The van der Waals surface area contributed by atoms with Gasteiger partial charge in [-0.05, 0) is 6.42 Å². The van der Waals surface area contributed by atoms with Gasteiger partial charge in [-0.2, -0.15) is 0 Å². The van der Waals surface area contributed by atoms with E-state index in [0.29, 0.717) is 17.5 Å². The van der Waals surface area contributed by atoms with Gasteiger partial charge in [0, 0.05) is 19.2 Å². The van der Waals surface area contributed by atoms with Crippen LogP contribution >= 0.6 is 11.6 Å². The highest BCUT2D eigenvalue weighted by molar-refractivity contribution is 6.30. The molecule has 2 N–H and O–H groups in total. The molecule has 1 rings (SSSR count). The molecular formula is C11H18ClN3O2. The van der Waals surface area contributed by atoms with Crippen molar-refractivity contribution in [1.82, 2.24) is 9.97 Å². The summed E-state index contributed by atoms with van der Waals surface area (Å²) in [6, 6.07) is 0. The number of ether oxygens (including phenoxy) is 1. The Hall–Kier alpha value is -0.910. The van der Waals surface area contributed by atoms with Gasteiger partial charge in [0.05, 0.1) is 12.7 Å². The second-order valence-corrected chi connectivity index (χ2v) is 4.09. The Labute approximate surface area is 106 Å². The van der Waals surface area contributed by atoms with Crippen molar-refractivity contribution in [2.24, 2.45) is 0 Å². The predicted molar refractivity (Wildman–Crippen MR) is 67.4 cm³/mol. The van der Waals surface area contributed by atoms with Gasteiger partial charge in [-0.3, -0.25) is 0 Å². The third-order valence-electron chi connectivity index (χ3n) is 2.26. The fourth-order valence-corrected chi connectivity index (χ4v) is 1.71. The lowest BCUT2D eigenvalue weighted by Crippen LogP contribution is -2.25. The minimum Gasteiger partial charge on any atom is -0.389 e. The zero-order valence-electron chi connectivity index (χ0n) is 10.1. The number of rotatable bonds is 7. The molecule has 0 bridgehead atoms. The predicted octanol–water partition coefficient (Wildman–Crippen LogP) is 1.50. The summed E-state index contributed by atoms with van der Waals surface area (Å²) >= 11 is 6.01. The lowest BCUT2D eigenvalue weighted by atomic mass is 10.2. The summed E-state index contributed by atoms with van der Waals surface area (Å²) in [6.07, 6.45) is 2.61. The molecule has 0 aliphatic heterocycles. The third kappa shape index (κ3) is 4.46. The fraction of sp³-hybridized carbons (Fsp3) is 0.636. The zero-order chi connectivity index (χ0) is 12.7. The van der Waals surface area contributed by atoms with E-state index in [1.165, 1.54) is 6.33 Å². The van der Waals surface area contributed by atoms with Crippen LogP contribution in [0.15, 0.2) is 6.33 Å². The highest BCUT2D eigenvalue weighted by Crippen LogP contribution is 2.21. The van der Waals surface area contributed by atoms with Crippen LogP contribution in [0.5, 0.6) is 0 Å². The molecule has 17 heavy (non-hydrogen) atoms. The van der Waals surface area contributed by atoms with Crippen molar-refractivity contribution in [3.8, 4) is 0 Å². The van der Waals surface area contributed by atoms with Crippen LogP contribution in [0.2, 0.25) is 5.15 Å². The molecule has 0 aliphatic carbocycles. The Morgan fingerprint density at radius 2 is 2.29 bits per heavy atom. The Balaban J connectivity index is 2.66. The number of nitrogens with zero attached hydrogens (tertiary/aromatic N) is 2. The van der Waals surface area contributed by atoms with Crippen LogP contribution in [0, 0.1) is 0 Å². The molecule has 96 valence electrons. The Bertz CT molecular complexity index is 349. The monoisotopic (exact) mass is 259 g/mol. The van der Waals surface area contributed by atoms with E-state index in [1.54, 1.807) is 7.11 Å². The van der Waals surface area contributed by atoms with E-state index >= 15 is 0 Å². The first-order chi connectivity index (χ1) is 8.19. The van der Waals surface area contributed by atoms with E-state index in [-0.39, 0.29) is 6.61 Å². The minimum absolute atomic E-state index is 0.287. The topological polar surface area (TPSA) is 67.3 Å². The summed E-state index contributed by atoms with van der Waals surface area (Å²) in [4.78, 5) is 8.08. The normalized spacial score (nSPS) is 12.5. The summed E-state index contributed by atoms with van der Waals surface area (Å²) in [5.74, 6) is 0.682. The van der Waals surface area contributed by atoms with Gasteiger partial charge in [0.2, 0.25) is 0 Å². The summed E-state index contributed by atoms with van der Waals surface area (Å²) < 4.78 is 4.84. The van der Waals surface area contributed by atoms with Gasteiger partial charge in [-0.15, -0.1) is 0 Å². The number of anilines is 1. The number of halogens is 1. The standard InChI is InChI=1S/C11H18ClN3O2/c1-3-4-9-10(12)14-7-15-11(9)13-5-8(16)6-17-2/h7-8,16H,3-6H2,1-2H3,(H,13,14,15). The van der Waals surface area contributed by atoms with Crippen LogP contribution in [0.1, 0.15) is 18.9 Å². The molecule has 0 aromatic carbocycles. The lowest BCUT2D eigenvalue weighted by molar-refractivity contribution is 0.0727. The zero-order valence-corrected chi connectivity index (χ0v) is 10.9. The molecule has 0 saturated carbocycles. The van der Waals surface area contributed by atoms with Crippen molar-refractivity contribution in [1.29, 1.82) is 0 Å². The Morgan fingerprint density at radius 1 is 1.53 bits per heavy atom. The van der Waals surface area contributed by atoms with Crippen LogP contribution in [0.4, 0.5) is 5.82 Å². The molecule has 1 atom stereocenters. The summed E-state index contributed by atoms with van der Waals surface area (Å²) in [6.45, 7) is 2.72. The van der Waals surface area contributed by atoms with Crippen molar-refractivity contribution in [2.75, 3.05) is 25.6 Å². The van der Waals surface area contributed by atoms with E-state index in [0.717, 1.165) is 18.4 Å². The van der Waals surface area contributed by atoms with Crippen LogP contribution in [0.25, 0.3) is 0 Å². The Kier molecular flexibility index (Phi) is 6.18. The lowest BCUT2D eigenvalue weighted by Gasteiger charge is -2.14. The summed E-state index contributed by atoms with van der Waals surface area (Å²) in [7, 11) is 1.55. The molecule has 0 fully saturated rings. The van der Waals surface area contributed by atoms with Crippen LogP contribution in [-0.2, 0) is 11.2 Å². The maximum Gasteiger partial charge on any atom is 0.137 e. The average molecular weight is 260 g/mol. The van der Waals surface area contributed by atoms with E-state index in [2.05, 4.69) is 22.2 Å². The van der Waals surface area contributed by atoms with Crippen molar-refractivity contribution in [3.63, 3.8) is 0 Å². The highest BCUT2D eigenvalue weighted by Gasteiger charge is 2.10. The second-order valence-electron chi connectivity index (χ2n) is 3.73. The fourth-order valence-electron chi connectivity index (χ4n) is 1.48. The average Bonchev–Trinajstić information content (AvgIpc) is 2.30. The summed E-state index contributed by atoms with van der Waals surface area (Å²) in [5, 5.41) is 13.1. The molecule has 0 spiro atoms. The number of hydrogen-bond donors (Lipinski definition) is 2. The van der Waals surface area contributed by atoms with Crippen molar-refractivity contribution < 1.29 is 9.84 Å². The molecule has 6 heteroatoms. The molecule has 1 aromatic rings. The van der Waals surface area contributed by atoms with Crippen LogP contribution < -0.4 is 5.32 Å². The number of hydrogen-bond acceptors (Lipinski definition) is 5. The Morgan fingerprint density at radius 3 is 2.94 bits per heavy atom. The van der Waals surface area contributed by atoms with Gasteiger partial charge in [-0.1, -0.05) is 24.9 Å². The number of aliphatic hydroxyl groups excluding tert-OH is 1. The quantitative estimate of drug-likeness (QED) is 0.727. The highest BCUT2D eigenvalue weighted by atomic mass is 35.5.